The zero-order valence-electron chi connectivity index (χ0n) is 14.9. The average Bonchev–Trinajstić information content (AvgIpc) is 3.11. The lowest BCUT2D eigenvalue weighted by molar-refractivity contribution is 0.503. The van der Waals surface area contributed by atoms with E-state index >= 15 is 0 Å². The third kappa shape index (κ3) is 4.32. The van der Waals surface area contributed by atoms with Crippen LogP contribution in [0.3, 0.4) is 0 Å². The molecule has 132 valence electrons. The number of aryl methyl sites for hydroxylation is 1. The molecule has 0 aliphatic carbocycles. The zero-order chi connectivity index (χ0) is 18.2. The molecule has 5 nitrogen and oxygen atoms in total. The van der Waals surface area contributed by atoms with Gasteiger partial charge in [0.2, 0.25) is 5.89 Å². The van der Waals surface area contributed by atoms with Gasteiger partial charge < -0.3 is 4.42 Å². The maximum atomic E-state index is 8.52. The minimum absolute atomic E-state index is 0.575. The molecule has 0 atom stereocenters. The van der Waals surface area contributed by atoms with Crippen molar-refractivity contribution in [2.24, 2.45) is 5.11 Å². The number of hydrogen-bond donors (Lipinski definition) is 0. The van der Waals surface area contributed by atoms with Gasteiger partial charge in [-0.1, -0.05) is 73.8 Å². The van der Waals surface area contributed by atoms with Crippen LogP contribution in [-0.4, -0.2) is 4.98 Å². The van der Waals surface area contributed by atoms with Crippen LogP contribution >= 0.6 is 0 Å². The van der Waals surface area contributed by atoms with E-state index in [-0.39, 0.29) is 0 Å². The van der Waals surface area contributed by atoms with Gasteiger partial charge in [-0.2, -0.15) is 0 Å². The summed E-state index contributed by atoms with van der Waals surface area (Å²) in [4.78, 5) is 7.56. The summed E-state index contributed by atoms with van der Waals surface area (Å²) in [5.74, 6) is 1.53. The Balaban J connectivity index is 1.91. The first kappa shape index (κ1) is 17.8. The first-order valence-corrected chi connectivity index (χ1v) is 9.02. The molecule has 1 heterocycles. The molecule has 0 aliphatic heterocycles. The molecular weight excluding hydrogens is 324 g/mol. The molecule has 0 amide bonds. The largest absolute Gasteiger partial charge is 0.441 e. The van der Waals surface area contributed by atoms with E-state index in [2.05, 4.69) is 29.1 Å². The fourth-order valence-corrected chi connectivity index (χ4v) is 2.90. The molecule has 0 aliphatic rings. The van der Waals surface area contributed by atoms with Crippen LogP contribution < -0.4 is 0 Å². The summed E-state index contributed by atoms with van der Waals surface area (Å²) < 4.78 is 6.12. The van der Waals surface area contributed by atoms with Crippen molar-refractivity contribution >= 4 is 5.69 Å². The van der Waals surface area contributed by atoms with E-state index in [1.165, 1.54) is 19.3 Å². The van der Waals surface area contributed by atoms with Crippen molar-refractivity contribution in [2.75, 3.05) is 0 Å². The zero-order valence-corrected chi connectivity index (χ0v) is 14.9. The predicted molar refractivity (Wildman–Crippen MR) is 104 cm³/mol. The van der Waals surface area contributed by atoms with Gasteiger partial charge in [-0.15, -0.1) is 0 Å². The first-order valence-electron chi connectivity index (χ1n) is 9.02. The number of oxazole rings is 1. The molecule has 2 aromatic carbocycles. The first-order chi connectivity index (χ1) is 12.8. The van der Waals surface area contributed by atoms with Gasteiger partial charge in [0.15, 0.2) is 0 Å². The van der Waals surface area contributed by atoms with Crippen LogP contribution in [0.2, 0.25) is 0 Å². The van der Waals surface area contributed by atoms with Crippen molar-refractivity contribution in [1.29, 1.82) is 0 Å². The van der Waals surface area contributed by atoms with E-state index in [1.54, 1.807) is 12.1 Å². The minimum atomic E-state index is 0.575. The molecule has 0 radical (unpaired) electrons. The Kier molecular flexibility index (Phi) is 6.07. The number of hydrogen-bond acceptors (Lipinski definition) is 3. The van der Waals surface area contributed by atoms with Gasteiger partial charge in [0.25, 0.3) is 0 Å². The highest BCUT2D eigenvalue weighted by Crippen LogP contribution is 2.31. The van der Waals surface area contributed by atoms with Crippen molar-refractivity contribution in [2.45, 2.75) is 39.0 Å². The van der Waals surface area contributed by atoms with Gasteiger partial charge in [0.1, 0.15) is 11.5 Å². The minimum Gasteiger partial charge on any atom is -0.441 e. The van der Waals surface area contributed by atoms with Gasteiger partial charge >= 0.3 is 0 Å². The monoisotopic (exact) mass is 346 g/mol. The summed E-state index contributed by atoms with van der Waals surface area (Å²) in [7, 11) is 0. The second kappa shape index (κ2) is 8.88. The summed E-state index contributed by atoms with van der Waals surface area (Å²) in [5, 5.41) is 3.60. The van der Waals surface area contributed by atoms with Gasteiger partial charge in [0, 0.05) is 28.1 Å². The van der Waals surface area contributed by atoms with E-state index in [4.69, 9.17) is 14.9 Å². The smallest absolute Gasteiger partial charge is 0.226 e. The lowest BCUT2D eigenvalue weighted by Gasteiger charge is -2.01. The Bertz CT molecular complexity index is 878. The molecule has 0 N–H and O–H groups in total. The number of rotatable bonds is 8. The maximum Gasteiger partial charge on any atom is 0.226 e. The van der Waals surface area contributed by atoms with Gasteiger partial charge in [-0.25, -0.2) is 4.98 Å². The molecule has 0 unspecified atom stereocenters. The Morgan fingerprint density at radius 1 is 0.962 bits per heavy atom. The third-order valence-electron chi connectivity index (χ3n) is 4.28. The molecule has 3 aromatic rings. The van der Waals surface area contributed by atoms with Crippen molar-refractivity contribution in [3.63, 3.8) is 0 Å². The van der Waals surface area contributed by atoms with Crippen molar-refractivity contribution in [3.8, 4) is 22.7 Å². The highest BCUT2D eigenvalue weighted by Gasteiger charge is 2.16. The van der Waals surface area contributed by atoms with Gasteiger partial charge in [0.05, 0.1) is 0 Å². The molecule has 0 bridgehead atoms. The van der Waals surface area contributed by atoms with Gasteiger partial charge in [-0.3, -0.25) is 0 Å². The highest BCUT2D eigenvalue weighted by atomic mass is 16.4. The van der Waals surface area contributed by atoms with E-state index in [1.807, 2.05) is 30.3 Å². The molecular formula is C21H22N4O. The summed E-state index contributed by atoms with van der Waals surface area (Å²) in [6.07, 6.45) is 5.63. The van der Waals surface area contributed by atoms with Crippen LogP contribution in [-0.2, 0) is 6.42 Å². The van der Waals surface area contributed by atoms with E-state index < -0.39 is 0 Å². The SMILES string of the molecule is CCCCCCc1oc(-c2ccc(N=[N+]=[N-])cc2)nc1-c1ccccc1. The van der Waals surface area contributed by atoms with Crippen molar-refractivity contribution < 1.29 is 4.42 Å². The van der Waals surface area contributed by atoms with Crippen molar-refractivity contribution in [3.05, 3.63) is 70.8 Å². The molecule has 0 fully saturated rings. The highest BCUT2D eigenvalue weighted by molar-refractivity contribution is 5.66. The predicted octanol–water partition coefficient (Wildman–Crippen LogP) is 7.07. The lowest BCUT2D eigenvalue weighted by atomic mass is 10.1. The quantitative estimate of drug-likeness (QED) is 0.189. The standard InChI is InChI=1S/C21H22N4O/c1-2-3-4-8-11-19-20(16-9-6-5-7-10-16)23-21(26-19)17-12-14-18(15-13-17)24-25-22/h5-7,9-10,12-15H,2-4,8,11H2,1H3. The van der Waals surface area contributed by atoms with E-state index in [0.29, 0.717) is 11.6 Å². The van der Waals surface area contributed by atoms with Crippen LogP contribution in [0.4, 0.5) is 5.69 Å². The Morgan fingerprint density at radius 2 is 1.73 bits per heavy atom. The van der Waals surface area contributed by atoms with E-state index in [0.717, 1.165) is 35.4 Å². The topological polar surface area (TPSA) is 74.8 Å². The molecule has 3 rings (SSSR count). The van der Waals surface area contributed by atoms with E-state index in [9.17, 15) is 0 Å². The van der Waals surface area contributed by atoms with Crippen LogP contribution in [0.5, 0.6) is 0 Å². The fourth-order valence-electron chi connectivity index (χ4n) is 2.90. The molecule has 5 heteroatoms. The molecule has 1 aromatic heterocycles. The third-order valence-corrected chi connectivity index (χ3v) is 4.28. The number of aromatic nitrogens is 1. The second-order valence-electron chi connectivity index (χ2n) is 6.20. The molecule has 0 saturated carbocycles. The summed E-state index contributed by atoms with van der Waals surface area (Å²) in [5.41, 5.74) is 12.0. The molecule has 26 heavy (non-hydrogen) atoms. The van der Waals surface area contributed by atoms with Crippen LogP contribution in [0.15, 0.2) is 64.1 Å². The summed E-state index contributed by atoms with van der Waals surface area (Å²) >= 11 is 0. The lowest BCUT2D eigenvalue weighted by Crippen LogP contribution is -1.88. The van der Waals surface area contributed by atoms with Gasteiger partial charge in [-0.05, 0) is 24.1 Å². The molecule has 0 spiro atoms. The summed E-state index contributed by atoms with van der Waals surface area (Å²) in [6.45, 7) is 2.21. The Morgan fingerprint density at radius 3 is 2.42 bits per heavy atom. The molecule has 0 saturated heterocycles. The Labute approximate surface area is 153 Å². The number of nitrogens with zero attached hydrogens (tertiary/aromatic N) is 4. The second-order valence-corrected chi connectivity index (χ2v) is 6.20. The van der Waals surface area contributed by atoms with Crippen LogP contribution in [0.1, 0.15) is 38.4 Å². The number of unbranched alkanes of at least 4 members (excludes halogenated alkanes) is 3. The summed E-state index contributed by atoms with van der Waals surface area (Å²) in [6, 6.07) is 17.4. The van der Waals surface area contributed by atoms with Crippen LogP contribution in [0.25, 0.3) is 33.2 Å². The fraction of sp³-hybridized carbons (Fsp3) is 0.286. The number of azide groups is 1. The van der Waals surface area contributed by atoms with Crippen LogP contribution in [0, 0.1) is 0 Å². The number of benzene rings is 2. The Hall–Kier alpha value is -3.04. The maximum absolute atomic E-state index is 8.52. The normalized spacial score (nSPS) is 10.5. The van der Waals surface area contributed by atoms with Crippen molar-refractivity contribution in [1.82, 2.24) is 4.98 Å². The average molecular weight is 346 g/mol.